The first-order chi connectivity index (χ1) is 17.6. The molecule has 4 rings (SSSR count). The van der Waals surface area contributed by atoms with Crippen molar-refractivity contribution in [2.24, 2.45) is 11.3 Å². The summed E-state index contributed by atoms with van der Waals surface area (Å²) in [5, 5.41) is 26.9. The number of benzene rings is 1. The second-order valence-corrected chi connectivity index (χ2v) is 11.9. The SMILES string of the molecule is CCOC(=O)c1c(N/C=C(\C#N)c2nc(-c3ccc([N+](=O)[O-])cc3)cs2)sc2c1CC[C@@H](C(C)(C)C)C2. The van der Waals surface area contributed by atoms with Crippen LogP contribution in [0.2, 0.25) is 0 Å². The number of rotatable bonds is 7. The first kappa shape index (κ1) is 26.5. The van der Waals surface area contributed by atoms with Crippen LogP contribution < -0.4 is 5.32 Å². The molecule has 0 saturated carbocycles. The maximum absolute atomic E-state index is 12.9. The van der Waals surface area contributed by atoms with E-state index in [1.807, 2.05) is 5.38 Å². The molecule has 0 saturated heterocycles. The third-order valence-electron chi connectivity index (χ3n) is 6.55. The lowest BCUT2D eigenvalue weighted by Gasteiger charge is -2.33. The van der Waals surface area contributed by atoms with E-state index in [9.17, 15) is 20.2 Å². The van der Waals surface area contributed by atoms with Gasteiger partial charge in [0, 0.05) is 34.2 Å². The molecule has 1 atom stereocenters. The number of thiophene rings is 1. The molecule has 0 radical (unpaired) electrons. The van der Waals surface area contributed by atoms with Crippen LogP contribution >= 0.6 is 22.7 Å². The molecule has 1 aliphatic carbocycles. The number of non-ortho nitro benzene ring substituents is 1. The summed E-state index contributed by atoms with van der Waals surface area (Å²) in [6, 6.07) is 8.31. The number of hydrogen-bond donors (Lipinski definition) is 1. The average Bonchev–Trinajstić information content (AvgIpc) is 3.49. The summed E-state index contributed by atoms with van der Waals surface area (Å²) in [7, 11) is 0. The largest absolute Gasteiger partial charge is 0.462 e. The maximum atomic E-state index is 12.9. The molecule has 37 heavy (non-hydrogen) atoms. The number of allylic oxidation sites excluding steroid dienone is 1. The van der Waals surface area contributed by atoms with Gasteiger partial charge in [0.25, 0.3) is 5.69 Å². The summed E-state index contributed by atoms with van der Waals surface area (Å²) in [5.41, 5.74) is 3.48. The predicted molar refractivity (Wildman–Crippen MR) is 147 cm³/mol. The Labute approximate surface area is 223 Å². The van der Waals surface area contributed by atoms with Gasteiger partial charge in [-0.3, -0.25) is 10.1 Å². The van der Waals surface area contributed by atoms with Crippen LogP contribution in [0.25, 0.3) is 16.8 Å². The van der Waals surface area contributed by atoms with E-state index in [1.54, 1.807) is 36.6 Å². The van der Waals surface area contributed by atoms with Crippen molar-refractivity contribution in [2.45, 2.75) is 47.0 Å². The molecule has 0 fully saturated rings. The van der Waals surface area contributed by atoms with E-state index in [1.165, 1.54) is 28.3 Å². The fourth-order valence-corrected chi connectivity index (χ4v) is 6.49. The van der Waals surface area contributed by atoms with Gasteiger partial charge in [0.05, 0.1) is 22.8 Å². The Bertz CT molecular complexity index is 1390. The van der Waals surface area contributed by atoms with Crippen LogP contribution in [0.1, 0.15) is 59.9 Å². The zero-order chi connectivity index (χ0) is 26.7. The van der Waals surface area contributed by atoms with Crippen molar-refractivity contribution in [3.05, 3.63) is 67.0 Å². The molecule has 10 heteroatoms. The molecule has 2 aromatic heterocycles. The number of aromatic nitrogens is 1. The normalized spacial score (nSPS) is 15.5. The van der Waals surface area contributed by atoms with E-state index in [4.69, 9.17) is 4.74 Å². The zero-order valence-electron chi connectivity index (χ0n) is 21.2. The number of anilines is 1. The lowest BCUT2D eigenvalue weighted by molar-refractivity contribution is -0.384. The van der Waals surface area contributed by atoms with E-state index >= 15 is 0 Å². The Balaban J connectivity index is 1.61. The van der Waals surface area contributed by atoms with Crippen LogP contribution in [0.3, 0.4) is 0 Å². The van der Waals surface area contributed by atoms with E-state index in [-0.39, 0.29) is 23.7 Å². The molecule has 3 aromatic rings. The molecule has 2 heterocycles. The van der Waals surface area contributed by atoms with Crippen LogP contribution in [0.4, 0.5) is 10.7 Å². The van der Waals surface area contributed by atoms with Gasteiger partial charge < -0.3 is 10.1 Å². The van der Waals surface area contributed by atoms with Crippen molar-refractivity contribution in [1.29, 1.82) is 5.26 Å². The summed E-state index contributed by atoms with van der Waals surface area (Å²) >= 11 is 2.86. The number of hydrogen-bond acceptors (Lipinski definition) is 9. The molecule has 1 aliphatic rings. The molecule has 0 aliphatic heterocycles. The quantitative estimate of drug-likeness (QED) is 0.148. The molecular weight excluding hydrogens is 508 g/mol. The van der Waals surface area contributed by atoms with Gasteiger partial charge in [-0.25, -0.2) is 9.78 Å². The van der Waals surface area contributed by atoms with E-state index < -0.39 is 4.92 Å². The van der Waals surface area contributed by atoms with Gasteiger partial charge >= 0.3 is 5.97 Å². The van der Waals surface area contributed by atoms with Gasteiger partial charge in [-0.2, -0.15) is 5.26 Å². The Morgan fingerprint density at radius 3 is 2.70 bits per heavy atom. The van der Waals surface area contributed by atoms with Gasteiger partial charge in [0.1, 0.15) is 21.7 Å². The van der Waals surface area contributed by atoms with Crippen molar-refractivity contribution >= 4 is 44.9 Å². The number of nitriles is 1. The molecule has 1 aromatic carbocycles. The first-order valence-corrected chi connectivity index (χ1v) is 13.7. The summed E-state index contributed by atoms with van der Waals surface area (Å²) in [6.45, 7) is 8.84. The minimum atomic E-state index is -0.450. The van der Waals surface area contributed by atoms with Gasteiger partial charge in [-0.15, -0.1) is 22.7 Å². The number of fused-ring (bicyclic) bond motifs is 1. The molecular formula is C27H28N4O4S2. The fourth-order valence-electron chi connectivity index (χ4n) is 4.41. The minimum Gasteiger partial charge on any atom is -0.462 e. The van der Waals surface area contributed by atoms with Crippen molar-refractivity contribution in [3.63, 3.8) is 0 Å². The van der Waals surface area contributed by atoms with Crippen molar-refractivity contribution in [3.8, 4) is 17.3 Å². The van der Waals surface area contributed by atoms with Gasteiger partial charge in [-0.1, -0.05) is 20.8 Å². The monoisotopic (exact) mass is 536 g/mol. The van der Waals surface area contributed by atoms with Crippen LogP contribution in [0, 0.1) is 32.8 Å². The van der Waals surface area contributed by atoms with E-state index in [2.05, 4.69) is 37.1 Å². The van der Waals surface area contributed by atoms with E-state index in [0.29, 0.717) is 32.8 Å². The minimum absolute atomic E-state index is 0.00545. The number of nitrogens with one attached hydrogen (secondary N) is 1. The van der Waals surface area contributed by atoms with Crippen LogP contribution in [0.5, 0.6) is 0 Å². The average molecular weight is 537 g/mol. The lowest BCUT2D eigenvalue weighted by atomic mass is 9.72. The third-order valence-corrected chi connectivity index (χ3v) is 8.61. The highest BCUT2D eigenvalue weighted by molar-refractivity contribution is 7.16. The standard InChI is InChI=1S/C27H28N4O4S2/c1-5-35-26(32)23-20-11-8-18(27(2,3)4)12-22(20)37-25(23)29-14-17(13-28)24-30-21(15-36-24)16-6-9-19(10-7-16)31(33)34/h6-7,9-10,14-15,18,29H,5,8,11-12H2,1-4H3/b17-14+/t18-/m1/s1. The summed E-state index contributed by atoms with van der Waals surface area (Å²) in [5.74, 6) is 0.179. The highest BCUT2D eigenvalue weighted by Crippen LogP contribution is 2.44. The highest BCUT2D eigenvalue weighted by atomic mass is 32.1. The number of nitrogens with zero attached hydrogens (tertiary/aromatic N) is 3. The van der Waals surface area contributed by atoms with Gasteiger partial charge in [-0.05, 0) is 55.2 Å². The van der Waals surface area contributed by atoms with Crippen molar-refractivity contribution in [2.75, 3.05) is 11.9 Å². The highest BCUT2D eigenvalue weighted by Gasteiger charge is 2.34. The number of ether oxygens (including phenoxy) is 1. The Kier molecular flexibility index (Phi) is 7.76. The molecule has 1 N–H and O–H groups in total. The Morgan fingerprint density at radius 2 is 2.08 bits per heavy atom. The molecule has 0 unspecified atom stereocenters. The summed E-state index contributed by atoms with van der Waals surface area (Å²) < 4.78 is 5.37. The lowest BCUT2D eigenvalue weighted by Crippen LogP contribution is -2.26. The molecule has 8 nitrogen and oxygen atoms in total. The van der Waals surface area contributed by atoms with Crippen LogP contribution in [-0.4, -0.2) is 22.5 Å². The smallest absolute Gasteiger partial charge is 0.341 e. The molecule has 0 amide bonds. The number of carbonyl (C=O) groups is 1. The second kappa shape index (κ2) is 10.8. The topological polar surface area (TPSA) is 118 Å². The van der Waals surface area contributed by atoms with Crippen molar-refractivity contribution < 1.29 is 14.5 Å². The molecule has 0 spiro atoms. The Morgan fingerprint density at radius 1 is 1.35 bits per heavy atom. The first-order valence-electron chi connectivity index (χ1n) is 12.0. The number of esters is 1. The van der Waals surface area contributed by atoms with Gasteiger partial charge in [0.2, 0.25) is 0 Å². The van der Waals surface area contributed by atoms with Gasteiger partial charge in [0.15, 0.2) is 0 Å². The third kappa shape index (κ3) is 5.73. The number of nitro groups is 1. The van der Waals surface area contributed by atoms with Crippen molar-refractivity contribution in [1.82, 2.24) is 4.98 Å². The van der Waals surface area contributed by atoms with Crippen LogP contribution in [-0.2, 0) is 17.6 Å². The van der Waals surface area contributed by atoms with E-state index in [0.717, 1.165) is 30.4 Å². The van der Waals surface area contributed by atoms with Crippen LogP contribution in [0.15, 0.2) is 35.8 Å². The summed E-state index contributed by atoms with van der Waals surface area (Å²) in [6.07, 6.45) is 4.34. The predicted octanol–water partition coefficient (Wildman–Crippen LogP) is 7.08. The number of carbonyl (C=O) groups excluding carboxylic acids is 1. The number of nitro benzene ring substituents is 1. The summed E-state index contributed by atoms with van der Waals surface area (Å²) in [4.78, 5) is 29.1. The Hall–Kier alpha value is -3.55. The maximum Gasteiger partial charge on any atom is 0.341 e. The fraction of sp³-hybridized carbons (Fsp3) is 0.370. The second-order valence-electron chi connectivity index (χ2n) is 9.89. The number of thiazole rings is 1. The molecule has 192 valence electrons. The zero-order valence-corrected chi connectivity index (χ0v) is 22.8. The molecule has 0 bridgehead atoms.